The highest BCUT2D eigenvalue weighted by Crippen LogP contribution is 1.56. The lowest BCUT2D eigenvalue weighted by Gasteiger charge is -1.48. The Balaban J connectivity index is -0.0000000174. The van der Waals surface area contributed by atoms with Gasteiger partial charge >= 0.3 is 0 Å². The molecule has 0 bridgehead atoms. The lowest BCUT2D eigenvalue weighted by atomic mass is 10.6. The first kappa shape index (κ1) is 29.6. The average molecular weight is 178 g/mol. The fourth-order valence-electron chi connectivity index (χ4n) is 0. The Morgan fingerprint density at radius 1 is 0.417 bits per heavy atom. The van der Waals surface area contributed by atoms with Gasteiger partial charge in [-0.05, 0) is 0 Å². The molecular formula is C12H34. The molecule has 0 atom stereocenters. The molecule has 0 aliphatic carbocycles. The second-order valence-corrected chi connectivity index (χ2v) is 1.41. The topological polar surface area (TPSA) is 0 Å². The standard InChI is InChI=1S/2C3H8.3C2H6/c2*1-3-2;3*1-2/h2*3H2,1-2H3;3*1-2H3. The van der Waals surface area contributed by atoms with Crippen molar-refractivity contribution in [1.82, 2.24) is 0 Å². The highest BCUT2D eigenvalue weighted by atomic mass is 13.4. The van der Waals surface area contributed by atoms with Crippen molar-refractivity contribution in [3.63, 3.8) is 0 Å². The molecule has 12 heavy (non-hydrogen) atoms. The van der Waals surface area contributed by atoms with E-state index in [4.69, 9.17) is 0 Å². The first-order chi connectivity index (χ1) is 5.83. The maximum absolute atomic E-state index is 2.12. The van der Waals surface area contributed by atoms with Gasteiger partial charge < -0.3 is 0 Å². The van der Waals surface area contributed by atoms with E-state index >= 15 is 0 Å². The van der Waals surface area contributed by atoms with E-state index in [1.165, 1.54) is 12.8 Å². The molecular weight excluding hydrogens is 144 g/mol. The van der Waals surface area contributed by atoms with Gasteiger partial charge in [0.1, 0.15) is 0 Å². The van der Waals surface area contributed by atoms with E-state index in [9.17, 15) is 0 Å². The van der Waals surface area contributed by atoms with Crippen molar-refractivity contribution in [1.29, 1.82) is 0 Å². The molecule has 0 aromatic carbocycles. The van der Waals surface area contributed by atoms with Crippen LogP contribution in [-0.2, 0) is 0 Å². The van der Waals surface area contributed by atoms with Crippen LogP contribution in [0.15, 0.2) is 0 Å². The molecule has 0 aromatic heterocycles. The van der Waals surface area contributed by atoms with Gasteiger partial charge in [0.05, 0.1) is 0 Å². The van der Waals surface area contributed by atoms with Crippen LogP contribution in [0.2, 0.25) is 0 Å². The van der Waals surface area contributed by atoms with Crippen molar-refractivity contribution in [2.24, 2.45) is 0 Å². The van der Waals surface area contributed by atoms with Gasteiger partial charge in [0.2, 0.25) is 0 Å². The largest absolute Gasteiger partial charge is 0.0683 e. The summed E-state index contributed by atoms with van der Waals surface area (Å²) < 4.78 is 0. The summed E-state index contributed by atoms with van der Waals surface area (Å²) in [7, 11) is 0. The smallest absolute Gasteiger partial charge is 0.0590 e. The SMILES string of the molecule is CC.CC.CC.CCC.CCC. The molecule has 0 rings (SSSR count). The number of hydrogen-bond donors (Lipinski definition) is 0. The lowest BCUT2D eigenvalue weighted by Crippen LogP contribution is -1.27. The molecule has 0 aromatic rings. The summed E-state index contributed by atoms with van der Waals surface area (Å²) >= 11 is 0. The highest BCUT2D eigenvalue weighted by Gasteiger charge is 1.36. The van der Waals surface area contributed by atoms with Crippen molar-refractivity contribution in [2.45, 2.75) is 82.1 Å². The van der Waals surface area contributed by atoms with Gasteiger partial charge in [0.25, 0.3) is 0 Å². The van der Waals surface area contributed by atoms with E-state index in [-0.39, 0.29) is 0 Å². The Bertz CT molecular complexity index is 2.00. The zero-order valence-electron chi connectivity index (χ0n) is 11.4. The maximum atomic E-state index is 2.12. The third-order valence-corrected chi connectivity index (χ3v) is 0. The fourth-order valence-corrected chi connectivity index (χ4v) is 0. The van der Waals surface area contributed by atoms with Gasteiger partial charge in [-0.15, -0.1) is 0 Å². The molecule has 0 saturated carbocycles. The summed E-state index contributed by atoms with van der Waals surface area (Å²) in [6.45, 7) is 20.5. The van der Waals surface area contributed by atoms with Crippen molar-refractivity contribution in [3.05, 3.63) is 0 Å². The molecule has 0 fully saturated rings. The second kappa shape index (κ2) is 275. The van der Waals surface area contributed by atoms with Crippen molar-refractivity contribution < 1.29 is 0 Å². The molecule has 0 N–H and O–H groups in total. The summed E-state index contributed by atoms with van der Waals surface area (Å²) in [5.74, 6) is 0. The van der Waals surface area contributed by atoms with Gasteiger partial charge in [-0.25, -0.2) is 0 Å². The van der Waals surface area contributed by atoms with Gasteiger partial charge in [-0.3, -0.25) is 0 Å². The first-order valence-corrected chi connectivity index (χ1v) is 5.83. The van der Waals surface area contributed by atoms with Crippen molar-refractivity contribution in [3.8, 4) is 0 Å². The van der Waals surface area contributed by atoms with Gasteiger partial charge in [0.15, 0.2) is 0 Å². The fraction of sp³-hybridized carbons (Fsp3) is 1.00. The van der Waals surface area contributed by atoms with Crippen LogP contribution in [-0.4, -0.2) is 0 Å². The molecule has 0 radical (unpaired) electrons. The van der Waals surface area contributed by atoms with Gasteiger partial charge in [0, 0.05) is 0 Å². The van der Waals surface area contributed by atoms with Crippen LogP contribution in [0.5, 0.6) is 0 Å². The minimum Gasteiger partial charge on any atom is -0.0683 e. The van der Waals surface area contributed by atoms with Crippen LogP contribution >= 0.6 is 0 Å². The summed E-state index contributed by atoms with van der Waals surface area (Å²) in [6, 6.07) is 0. The summed E-state index contributed by atoms with van der Waals surface area (Å²) in [5.41, 5.74) is 0. The molecule has 0 amide bonds. The van der Waals surface area contributed by atoms with Crippen LogP contribution in [0.4, 0.5) is 0 Å². The quantitative estimate of drug-likeness (QED) is 0.432. The zero-order valence-corrected chi connectivity index (χ0v) is 11.4. The average Bonchev–Trinajstić information content (AvgIpc) is 2.16. The first-order valence-electron chi connectivity index (χ1n) is 5.83. The van der Waals surface area contributed by atoms with Crippen LogP contribution in [0.1, 0.15) is 82.1 Å². The normalized spacial score (nSPS) is 4.50. The third kappa shape index (κ3) is 0. The van der Waals surface area contributed by atoms with Crippen LogP contribution in [0, 0.1) is 0 Å². The minimum absolute atomic E-state index is 1.25. The van der Waals surface area contributed by atoms with Crippen molar-refractivity contribution in [2.75, 3.05) is 0 Å². The molecule has 0 nitrogen and oxygen atoms in total. The number of rotatable bonds is 0. The van der Waals surface area contributed by atoms with E-state index in [0.29, 0.717) is 0 Å². The predicted molar refractivity (Wildman–Crippen MR) is 66.0 cm³/mol. The molecule has 0 saturated heterocycles. The maximum Gasteiger partial charge on any atom is -0.0590 e. The van der Waals surface area contributed by atoms with Crippen LogP contribution in [0.3, 0.4) is 0 Å². The Labute approximate surface area is 82.8 Å². The Morgan fingerprint density at radius 3 is 0.417 bits per heavy atom. The highest BCUT2D eigenvalue weighted by molar-refractivity contribution is 3.92. The third-order valence-electron chi connectivity index (χ3n) is 0. The summed E-state index contributed by atoms with van der Waals surface area (Å²) in [6.07, 6.45) is 2.50. The van der Waals surface area contributed by atoms with E-state index in [1.807, 2.05) is 41.5 Å². The summed E-state index contributed by atoms with van der Waals surface area (Å²) in [4.78, 5) is 0. The summed E-state index contributed by atoms with van der Waals surface area (Å²) in [5, 5.41) is 0. The van der Waals surface area contributed by atoms with Gasteiger partial charge in [-0.2, -0.15) is 0 Å². The van der Waals surface area contributed by atoms with E-state index in [1.54, 1.807) is 0 Å². The molecule has 0 unspecified atom stereocenters. The molecule has 0 spiro atoms. The monoisotopic (exact) mass is 178 g/mol. The Hall–Kier alpha value is 0. The van der Waals surface area contributed by atoms with E-state index in [0.717, 1.165) is 0 Å². The molecule has 0 heteroatoms. The zero-order chi connectivity index (χ0) is 11.4. The van der Waals surface area contributed by atoms with Crippen LogP contribution < -0.4 is 0 Å². The number of hydrogen-bond acceptors (Lipinski definition) is 0. The van der Waals surface area contributed by atoms with Crippen molar-refractivity contribution >= 4 is 0 Å². The Kier molecular flexibility index (Phi) is 679. The molecule has 0 heterocycles. The second-order valence-electron chi connectivity index (χ2n) is 1.41. The van der Waals surface area contributed by atoms with E-state index < -0.39 is 0 Å². The molecule has 0 aliphatic heterocycles. The Morgan fingerprint density at radius 2 is 0.417 bits per heavy atom. The molecule has 82 valence electrons. The van der Waals surface area contributed by atoms with Gasteiger partial charge in [-0.1, -0.05) is 82.1 Å². The minimum atomic E-state index is 1.25. The predicted octanol–water partition coefficient (Wildman–Crippen LogP) is 5.91. The van der Waals surface area contributed by atoms with Crippen LogP contribution in [0.25, 0.3) is 0 Å². The molecule has 0 aliphatic rings. The lowest BCUT2D eigenvalue weighted by molar-refractivity contribution is 1.09. The van der Waals surface area contributed by atoms with E-state index in [2.05, 4.69) is 27.7 Å².